The van der Waals surface area contributed by atoms with E-state index in [9.17, 15) is 5.11 Å². The number of imidazole rings is 1. The molecule has 4 nitrogen and oxygen atoms in total. The lowest BCUT2D eigenvalue weighted by atomic mass is 10.1. The topological polar surface area (TPSA) is 50.9 Å². The van der Waals surface area contributed by atoms with Crippen LogP contribution in [0.5, 0.6) is 0 Å². The standard InChI is InChI=1S/C11H13N3O/c1-14-7-6-13-11(14)8-10(15)9-2-4-12-5-3-9/h2-7,10,15H,8H2,1H3. The Bertz CT molecular complexity index is 424. The number of hydrogen-bond acceptors (Lipinski definition) is 3. The van der Waals surface area contributed by atoms with E-state index in [2.05, 4.69) is 9.97 Å². The summed E-state index contributed by atoms with van der Waals surface area (Å²) in [5.41, 5.74) is 0.869. The van der Waals surface area contributed by atoms with Crippen LogP contribution in [0.1, 0.15) is 17.5 Å². The smallest absolute Gasteiger partial charge is 0.111 e. The maximum absolute atomic E-state index is 9.94. The molecular formula is C11H13N3O. The van der Waals surface area contributed by atoms with Crippen LogP contribution in [0.3, 0.4) is 0 Å². The molecule has 1 atom stereocenters. The zero-order chi connectivity index (χ0) is 10.7. The Morgan fingerprint density at radius 2 is 2.07 bits per heavy atom. The molecule has 4 heteroatoms. The van der Waals surface area contributed by atoms with Gasteiger partial charge in [0.25, 0.3) is 0 Å². The number of nitrogens with zero attached hydrogens (tertiary/aromatic N) is 3. The highest BCUT2D eigenvalue weighted by Crippen LogP contribution is 2.15. The Kier molecular flexibility index (Phi) is 2.78. The first-order valence-electron chi connectivity index (χ1n) is 4.81. The van der Waals surface area contributed by atoms with E-state index in [-0.39, 0.29) is 0 Å². The van der Waals surface area contributed by atoms with Gasteiger partial charge in [-0.3, -0.25) is 4.98 Å². The number of aliphatic hydroxyl groups is 1. The summed E-state index contributed by atoms with van der Waals surface area (Å²) in [7, 11) is 1.92. The van der Waals surface area contributed by atoms with Crippen molar-refractivity contribution in [3.8, 4) is 0 Å². The largest absolute Gasteiger partial charge is 0.388 e. The van der Waals surface area contributed by atoms with Crippen LogP contribution < -0.4 is 0 Å². The molecule has 0 saturated carbocycles. The number of hydrogen-bond donors (Lipinski definition) is 1. The molecule has 2 aromatic rings. The first-order chi connectivity index (χ1) is 7.27. The molecule has 0 amide bonds. The van der Waals surface area contributed by atoms with Gasteiger partial charge in [0.15, 0.2) is 0 Å². The average molecular weight is 203 g/mol. The van der Waals surface area contributed by atoms with Crippen molar-refractivity contribution >= 4 is 0 Å². The van der Waals surface area contributed by atoms with Crippen LogP contribution in [-0.4, -0.2) is 19.6 Å². The molecule has 78 valence electrons. The van der Waals surface area contributed by atoms with E-state index in [4.69, 9.17) is 0 Å². The van der Waals surface area contributed by atoms with Crippen LogP contribution >= 0.6 is 0 Å². The minimum Gasteiger partial charge on any atom is -0.388 e. The van der Waals surface area contributed by atoms with Gasteiger partial charge in [0.1, 0.15) is 5.82 Å². The van der Waals surface area contributed by atoms with Gasteiger partial charge in [0.2, 0.25) is 0 Å². The summed E-state index contributed by atoms with van der Waals surface area (Å²) >= 11 is 0. The van der Waals surface area contributed by atoms with Crippen LogP contribution in [-0.2, 0) is 13.5 Å². The Labute approximate surface area is 88.2 Å². The van der Waals surface area contributed by atoms with Gasteiger partial charge >= 0.3 is 0 Å². The monoisotopic (exact) mass is 203 g/mol. The number of rotatable bonds is 3. The molecule has 2 heterocycles. The minimum atomic E-state index is -0.519. The summed E-state index contributed by atoms with van der Waals surface area (Å²) in [6.45, 7) is 0. The van der Waals surface area contributed by atoms with Crippen molar-refractivity contribution in [3.63, 3.8) is 0 Å². The van der Waals surface area contributed by atoms with Gasteiger partial charge in [-0.15, -0.1) is 0 Å². The third-order valence-electron chi connectivity index (χ3n) is 2.39. The van der Waals surface area contributed by atoms with E-state index in [0.717, 1.165) is 11.4 Å². The normalized spacial score (nSPS) is 12.7. The van der Waals surface area contributed by atoms with Crippen molar-refractivity contribution in [2.24, 2.45) is 7.05 Å². The fourth-order valence-corrected chi connectivity index (χ4v) is 1.47. The predicted octanol–water partition coefficient (Wildman–Crippen LogP) is 1.09. The van der Waals surface area contributed by atoms with Gasteiger partial charge in [0.05, 0.1) is 6.10 Å². The Morgan fingerprint density at radius 3 is 2.67 bits per heavy atom. The van der Waals surface area contributed by atoms with E-state index in [1.54, 1.807) is 18.6 Å². The van der Waals surface area contributed by atoms with Crippen LogP contribution in [0.15, 0.2) is 36.9 Å². The zero-order valence-electron chi connectivity index (χ0n) is 8.54. The lowest BCUT2D eigenvalue weighted by Gasteiger charge is -2.10. The first kappa shape index (κ1) is 9.86. The molecule has 0 saturated heterocycles. The molecule has 0 aromatic carbocycles. The van der Waals surface area contributed by atoms with E-state index in [0.29, 0.717) is 6.42 Å². The molecule has 0 aliphatic heterocycles. The molecule has 1 unspecified atom stereocenters. The number of aromatic nitrogens is 3. The fourth-order valence-electron chi connectivity index (χ4n) is 1.47. The van der Waals surface area contributed by atoms with Crippen molar-refractivity contribution in [2.45, 2.75) is 12.5 Å². The second kappa shape index (κ2) is 4.23. The Morgan fingerprint density at radius 1 is 1.33 bits per heavy atom. The number of aryl methyl sites for hydroxylation is 1. The van der Waals surface area contributed by atoms with E-state index >= 15 is 0 Å². The molecule has 0 aliphatic rings. The van der Waals surface area contributed by atoms with Crippen molar-refractivity contribution in [1.29, 1.82) is 0 Å². The van der Waals surface area contributed by atoms with Gasteiger partial charge in [-0.1, -0.05) is 0 Å². The third kappa shape index (κ3) is 2.22. The molecule has 0 aliphatic carbocycles. The number of aliphatic hydroxyl groups excluding tert-OH is 1. The van der Waals surface area contributed by atoms with Crippen LogP contribution in [0.4, 0.5) is 0 Å². The molecule has 2 aromatic heterocycles. The van der Waals surface area contributed by atoms with E-state index in [1.165, 1.54) is 0 Å². The quantitative estimate of drug-likeness (QED) is 0.812. The summed E-state index contributed by atoms with van der Waals surface area (Å²) in [6.07, 6.45) is 6.96. The van der Waals surface area contributed by atoms with Crippen LogP contribution in [0.2, 0.25) is 0 Å². The highest BCUT2D eigenvalue weighted by molar-refractivity contribution is 5.14. The lowest BCUT2D eigenvalue weighted by molar-refractivity contribution is 0.175. The van der Waals surface area contributed by atoms with Crippen LogP contribution in [0.25, 0.3) is 0 Å². The maximum atomic E-state index is 9.94. The van der Waals surface area contributed by atoms with Gasteiger partial charge in [-0.25, -0.2) is 4.98 Å². The molecule has 15 heavy (non-hydrogen) atoms. The minimum absolute atomic E-state index is 0.519. The van der Waals surface area contributed by atoms with Crippen molar-refractivity contribution in [2.75, 3.05) is 0 Å². The highest BCUT2D eigenvalue weighted by atomic mass is 16.3. The summed E-state index contributed by atoms with van der Waals surface area (Å²) < 4.78 is 1.91. The summed E-state index contributed by atoms with van der Waals surface area (Å²) in [4.78, 5) is 8.08. The number of pyridine rings is 1. The van der Waals surface area contributed by atoms with Crippen molar-refractivity contribution in [1.82, 2.24) is 14.5 Å². The first-order valence-corrected chi connectivity index (χ1v) is 4.81. The Balaban J connectivity index is 2.11. The van der Waals surface area contributed by atoms with Crippen molar-refractivity contribution < 1.29 is 5.11 Å². The van der Waals surface area contributed by atoms with Gasteiger partial charge < -0.3 is 9.67 Å². The lowest BCUT2D eigenvalue weighted by Crippen LogP contribution is -2.06. The molecule has 0 fully saturated rings. The molecule has 0 spiro atoms. The molecule has 0 bridgehead atoms. The summed E-state index contributed by atoms with van der Waals surface area (Å²) in [5, 5.41) is 9.94. The molecule has 0 radical (unpaired) electrons. The zero-order valence-corrected chi connectivity index (χ0v) is 8.54. The second-order valence-corrected chi connectivity index (χ2v) is 3.45. The summed E-state index contributed by atoms with van der Waals surface area (Å²) in [6, 6.07) is 3.63. The molecular weight excluding hydrogens is 190 g/mol. The van der Waals surface area contributed by atoms with Crippen molar-refractivity contribution in [3.05, 3.63) is 48.3 Å². The third-order valence-corrected chi connectivity index (χ3v) is 2.39. The van der Waals surface area contributed by atoms with Gasteiger partial charge in [-0.05, 0) is 17.7 Å². The Hall–Kier alpha value is -1.68. The molecule has 2 rings (SSSR count). The van der Waals surface area contributed by atoms with E-state index < -0.39 is 6.10 Å². The average Bonchev–Trinajstić information content (AvgIpc) is 2.66. The maximum Gasteiger partial charge on any atom is 0.111 e. The van der Waals surface area contributed by atoms with Gasteiger partial charge in [0, 0.05) is 38.3 Å². The van der Waals surface area contributed by atoms with Crippen LogP contribution in [0, 0.1) is 0 Å². The second-order valence-electron chi connectivity index (χ2n) is 3.45. The highest BCUT2D eigenvalue weighted by Gasteiger charge is 2.10. The SMILES string of the molecule is Cn1ccnc1CC(O)c1ccncc1. The van der Waals surface area contributed by atoms with E-state index in [1.807, 2.05) is 29.9 Å². The fraction of sp³-hybridized carbons (Fsp3) is 0.273. The van der Waals surface area contributed by atoms with Gasteiger partial charge in [-0.2, -0.15) is 0 Å². The molecule has 1 N–H and O–H groups in total. The summed E-state index contributed by atoms with van der Waals surface area (Å²) in [5.74, 6) is 0.874. The predicted molar refractivity (Wildman–Crippen MR) is 56.1 cm³/mol.